The van der Waals surface area contributed by atoms with Crippen LogP contribution in [0.5, 0.6) is 5.75 Å². The normalized spacial score (nSPS) is 17.4. The number of hydrogen-bond acceptors (Lipinski definition) is 2. The fraction of sp³-hybridized carbons (Fsp3) is 0.263. The van der Waals surface area contributed by atoms with Gasteiger partial charge in [0.25, 0.3) is 0 Å². The molecule has 112 valence electrons. The summed E-state index contributed by atoms with van der Waals surface area (Å²) in [6.45, 7) is 0.571. The average Bonchev–Trinajstić information content (AvgIpc) is 2.94. The van der Waals surface area contributed by atoms with Gasteiger partial charge in [0.2, 0.25) is 0 Å². The zero-order chi connectivity index (χ0) is 14.9. The monoisotopic (exact) mass is 293 g/mol. The molecule has 0 aliphatic heterocycles. The maximum absolute atomic E-state index is 10.1. The van der Waals surface area contributed by atoms with Crippen LogP contribution in [0.2, 0.25) is 0 Å². The minimum Gasteiger partial charge on any atom is -0.489 e. The Labute approximate surface area is 129 Å². The molecule has 1 aromatic heterocycles. The lowest BCUT2D eigenvalue weighted by molar-refractivity contribution is 0.153. The lowest BCUT2D eigenvalue weighted by atomic mass is 9.93. The molecule has 0 saturated carbocycles. The summed E-state index contributed by atoms with van der Waals surface area (Å²) in [4.78, 5) is 3.36. The van der Waals surface area contributed by atoms with E-state index in [1.807, 2.05) is 30.3 Å². The summed E-state index contributed by atoms with van der Waals surface area (Å²) >= 11 is 0. The molecule has 1 heterocycles. The van der Waals surface area contributed by atoms with Gasteiger partial charge in [0.1, 0.15) is 12.4 Å². The summed E-state index contributed by atoms with van der Waals surface area (Å²) in [6, 6.07) is 16.3. The largest absolute Gasteiger partial charge is 0.489 e. The van der Waals surface area contributed by atoms with E-state index in [0.717, 1.165) is 41.8 Å². The van der Waals surface area contributed by atoms with Crippen LogP contribution in [0.3, 0.4) is 0 Å². The van der Waals surface area contributed by atoms with E-state index in [2.05, 4.69) is 23.2 Å². The first-order valence-electron chi connectivity index (χ1n) is 7.80. The average molecular weight is 293 g/mol. The summed E-state index contributed by atoms with van der Waals surface area (Å²) in [5.41, 5.74) is 4.48. The number of aliphatic hydroxyl groups excluding tert-OH is 1. The zero-order valence-corrected chi connectivity index (χ0v) is 12.4. The third-order valence-electron chi connectivity index (χ3n) is 4.40. The molecule has 0 fully saturated rings. The number of aromatic nitrogens is 1. The molecule has 4 rings (SSSR count). The molecule has 0 spiro atoms. The highest BCUT2D eigenvalue weighted by atomic mass is 16.5. The van der Waals surface area contributed by atoms with E-state index in [-0.39, 0.29) is 6.10 Å². The van der Waals surface area contributed by atoms with Gasteiger partial charge in [0.05, 0.1) is 6.10 Å². The number of aryl methyl sites for hydroxylation is 1. The molecule has 1 aliphatic carbocycles. The fourth-order valence-electron chi connectivity index (χ4n) is 3.25. The Morgan fingerprint density at radius 2 is 2.00 bits per heavy atom. The predicted molar refractivity (Wildman–Crippen MR) is 87.0 cm³/mol. The lowest BCUT2D eigenvalue weighted by Gasteiger charge is -2.17. The number of aromatic amines is 1. The Bertz CT molecular complexity index is 792. The summed E-state index contributed by atoms with van der Waals surface area (Å²) in [6.07, 6.45) is 2.55. The molecule has 1 aliphatic rings. The molecule has 3 aromatic rings. The lowest BCUT2D eigenvalue weighted by Crippen LogP contribution is -2.07. The molecule has 0 saturated heterocycles. The Kier molecular flexibility index (Phi) is 3.35. The van der Waals surface area contributed by atoms with Crippen molar-refractivity contribution in [1.29, 1.82) is 0 Å². The number of H-pyrrole nitrogens is 1. The van der Waals surface area contributed by atoms with Crippen molar-refractivity contribution in [1.82, 2.24) is 4.98 Å². The van der Waals surface area contributed by atoms with Crippen LogP contribution in [0.4, 0.5) is 0 Å². The summed E-state index contributed by atoms with van der Waals surface area (Å²) in [7, 11) is 0. The van der Waals surface area contributed by atoms with Crippen LogP contribution >= 0.6 is 0 Å². The maximum atomic E-state index is 10.1. The van der Waals surface area contributed by atoms with Crippen molar-refractivity contribution in [2.45, 2.75) is 32.0 Å². The maximum Gasteiger partial charge on any atom is 0.120 e. The molecular weight excluding hydrogens is 274 g/mol. The van der Waals surface area contributed by atoms with Crippen LogP contribution in [0.25, 0.3) is 10.9 Å². The summed E-state index contributed by atoms with van der Waals surface area (Å²) < 4.78 is 5.91. The highest BCUT2D eigenvalue weighted by molar-refractivity contribution is 5.86. The van der Waals surface area contributed by atoms with Gasteiger partial charge in [0.15, 0.2) is 0 Å². The van der Waals surface area contributed by atoms with Crippen molar-refractivity contribution in [3.63, 3.8) is 0 Å². The molecular formula is C19H19NO2. The Morgan fingerprint density at radius 1 is 1.14 bits per heavy atom. The Morgan fingerprint density at radius 3 is 2.86 bits per heavy atom. The van der Waals surface area contributed by atoms with Crippen LogP contribution in [-0.4, -0.2) is 10.1 Å². The standard InChI is InChI=1S/C19H19NO2/c21-18-8-4-7-15-16-11-14(9-10-17(16)20-19(15)18)22-12-13-5-2-1-3-6-13/h1-3,5-6,9-11,18,20-21H,4,7-8,12H2/t18-/m1/s1. The highest BCUT2D eigenvalue weighted by Crippen LogP contribution is 2.36. The molecule has 2 aromatic carbocycles. The third kappa shape index (κ3) is 2.38. The molecule has 0 unspecified atom stereocenters. The number of aliphatic hydroxyl groups is 1. The molecule has 22 heavy (non-hydrogen) atoms. The first kappa shape index (κ1) is 13.4. The van der Waals surface area contributed by atoms with E-state index in [1.165, 1.54) is 10.9 Å². The molecule has 0 radical (unpaired) electrons. The topological polar surface area (TPSA) is 45.2 Å². The smallest absolute Gasteiger partial charge is 0.120 e. The van der Waals surface area contributed by atoms with Gasteiger partial charge in [-0.25, -0.2) is 0 Å². The van der Waals surface area contributed by atoms with Crippen LogP contribution in [0.1, 0.15) is 35.8 Å². The second-order valence-corrected chi connectivity index (χ2v) is 5.91. The Hall–Kier alpha value is -2.26. The SMILES string of the molecule is O[C@@H]1CCCc2c1[nH]c1ccc(OCc3ccccc3)cc21. The van der Waals surface area contributed by atoms with Crippen LogP contribution < -0.4 is 4.74 Å². The van der Waals surface area contributed by atoms with Gasteiger partial charge < -0.3 is 14.8 Å². The zero-order valence-electron chi connectivity index (χ0n) is 12.4. The second-order valence-electron chi connectivity index (χ2n) is 5.91. The second kappa shape index (κ2) is 5.50. The number of hydrogen-bond donors (Lipinski definition) is 2. The third-order valence-corrected chi connectivity index (χ3v) is 4.40. The van der Waals surface area contributed by atoms with Gasteiger partial charge in [0, 0.05) is 16.6 Å². The van der Waals surface area contributed by atoms with Crippen molar-refractivity contribution < 1.29 is 9.84 Å². The predicted octanol–water partition coefficient (Wildman–Crippen LogP) is 4.12. The van der Waals surface area contributed by atoms with Crippen molar-refractivity contribution in [2.75, 3.05) is 0 Å². The van der Waals surface area contributed by atoms with E-state index in [9.17, 15) is 5.11 Å². The van der Waals surface area contributed by atoms with Gasteiger partial charge in [-0.1, -0.05) is 30.3 Å². The molecule has 2 N–H and O–H groups in total. The van der Waals surface area contributed by atoms with Crippen LogP contribution in [0, 0.1) is 0 Å². The van der Waals surface area contributed by atoms with Crippen molar-refractivity contribution in [3.05, 3.63) is 65.4 Å². The van der Waals surface area contributed by atoms with E-state index in [4.69, 9.17) is 4.74 Å². The van der Waals surface area contributed by atoms with E-state index in [0.29, 0.717) is 6.61 Å². The number of fused-ring (bicyclic) bond motifs is 3. The fourth-order valence-corrected chi connectivity index (χ4v) is 3.25. The number of nitrogens with one attached hydrogen (secondary N) is 1. The van der Waals surface area contributed by atoms with E-state index >= 15 is 0 Å². The van der Waals surface area contributed by atoms with Gasteiger partial charge >= 0.3 is 0 Å². The van der Waals surface area contributed by atoms with Crippen molar-refractivity contribution >= 4 is 10.9 Å². The highest BCUT2D eigenvalue weighted by Gasteiger charge is 2.22. The first-order chi connectivity index (χ1) is 10.8. The van der Waals surface area contributed by atoms with Crippen molar-refractivity contribution in [3.8, 4) is 5.75 Å². The molecule has 3 nitrogen and oxygen atoms in total. The van der Waals surface area contributed by atoms with E-state index in [1.54, 1.807) is 0 Å². The molecule has 3 heteroatoms. The quantitative estimate of drug-likeness (QED) is 0.763. The number of benzene rings is 2. The van der Waals surface area contributed by atoms with E-state index < -0.39 is 0 Å². The number of rotatable bonds is 3. The Balaban J connectivity index is 1.63. The minimum absolute atomic E-state index is 0.357. The minimum atomic E-state index is -0.357. The van der Waals surface area contributed by atoms with Crippen LogP contribution in [-0.2, 0) is 13.0 Å². The van der Waals surface area contributed by atoms with Crippen LogP contribution in [0.15, 0.2) is 48.5 Å². The van der Waals surface area contributed by atoms with Gasteiger partial charge in [-0.3, -0.25) is 0 Å². The molecule has 1 atom stereocenters. The van der Waals surface area contributed by atoms with Crippen molar-refractivity contribution in [2.24, 2.45) is 0 Å². The molecule has 0 bridgehead atoms. The summed E-state index contributed by atoms with van der Waals surface area (Å²) in [5.74, 6) is 0.873. The van der Waals surface area contributed by atoms with Gasteiger partial charge in [-0.15, -0.1) is 0 Å². The first-order valence-corrected chi connectivity index (χ1v) is 7.80. The number of ether oxygens (including phenoxy) is 1. The summed E-state index contributed by atoms with van der Waals surface area (Å²) in [5, 5.41) is 11.3. The van der Waals surface area contributed by atoms with Gasteiger partial charge in [-0.05, 0) is 48.6 Å². The van der Waals surface area contributed by atoms with Gasteiger partial charge in [-0.2, -0.15) is 0 Å². The molecule has 0 amide bonds.